The molecule has 6 nitrogen and oxygen atoms in total. The summed E-state index contributed by atoms with van der Waals surface area (Å²) in [7, 11) is -4.37. The van der Waals surface area contributed by atoms with Gasteiger partial charge in [-0.3, -0.25) is 4.52 Å². The van der Waals surface area contributed by atoms with E-state index in [1.54, 1.807) is 6.92 Å². The number of hydrogen-bond acceptors (Lipinski definition) is 4. The molecule has 0 radical (unpaired) electrons. The fraction of sp³-hybridized carbons (Fsp3) is 0.833. The third kappa shape index (κ3) is 9.40. The van der Waals surface area contributed by atoms with Gasteiger partial charge in [0.2, 0.25) is 6.08 Å². The molecule has 7 heteroatoms. The van der Waals surface area contributed by atoms with Gasteiger partial charge in [0.15, 0.2) is 0 Å². The lowest BCUT2D eigenvalue weighted by Gasteiger charge is -2.10. The number of aliphatic imine (C=N–C) groups is 1. The first kappa shape index (κ1) is 12.5. The Morgan fingerprint density at radius 1 is 1.62 bits per heavy atom. The van der Waals surface area contributed by atoms with Gasteiger partial charge >= 0.3 is 7.82 Å². The first-order valence-corrected chi connectivity index (χ1v) is 5.22. The van der Waals surface area contributed by atoms with E-state index < -0.39 is 7.82 Å². The zero-order valence-corrected chi connectivity index (χ0v) is 8.11. The standard InChI is InChI=1S/C6H12NO5P/c1-6(2-3-7-5-8)4-12-13(9,10)11/h6H,2-4H2,1H3,(H2,9,10,11). The third-order valence-corrected chi connectivity index (χ3v) is 1.81. The van der Waals surface area contributed by atoms with E-state index in [1.165, 1.54) is 6.08 Å². The molecule has 0 bridgehead atoms. The minimum atomic E-state index is -4.37. The fourth-order valence-corrected chi connectivity index (χ4v) is 1.09. The Kier molecular flexibility index (Phi) is 5.79. The average molecular weight is 209 g/mol. The third-order valence-electron chi connectivity index (χ3n) is 1.33. The van der Waals surface area contributed by atoms with Crippen molar-refractivity contribution in [1.29, 1.82) is 0 Å². The maximum Gasteiger partial charge on any atom is 0.469 e. The molecule has 1 unspecified atom stereocenters. The molecule has 2 N–H and O–H groups in total. The van der Waals surface area contributed by atoms with Crippen LogP contribution >= 0.6 is 7.82 Å². The quantitative estimate of drug-likeness (QED) is 0.376. The Labute approximate surface area is 75.9 Å². The van der Waals surface area contributed by atoms with Crippen molar-refractivity contribution in [2.75, 3.05) is 13.2 Å². The molecular weight excluding hydrogens is 197 g/mol. The van der Waals surface area contributed by atoms with E-state index in [1.807, 2.05) is 0 Å². The van der Waals surface area contributed by atoms with Crippen LogP contribution in [0.15, 0.2) is 4.99 Å². The molecule has 0 aliphatic carbocycles. The van der Waals surface area contributed by atoms with Crippen LogP contribution in [0.25, 0.3) is 0 Å². The summed E-state index contributed by atoms with van der Waals surface area (Å²) < 4.78 is 14.5. The van der Waals surface area contributed by atoms with Gasteiger partial charge in [-0.15, -0.1) is 0 Å². The van der Waals surface area contributed by atoms with Crippen LogP contribution in [0.5, 0.6) is 0 Å². The summed E-state index contributed by atoms with van der Waals surface area (Å²) >= 11 is 0. The van der Waals surface area contributed by atoms with E-state index in [-0.39, 0.29) is 12.5 Å². The number of phosphoric ester groups is 1. The molecule has 0 rings (SSSR count). The smallest absolute Gasteiger partial charge is 0.303 e. The monoisotopic (exact) mass is 209 g/mol. The number of rotatable bonds is 6. The van der Waals surface area contributed by atoms with Crippen molar-refractivity contribution in [2.45, 2.75) is 13.3 Å². The van der Waals surface area contributed by atoms with Gasteiger partial charge in [0.05, 0.1) is 13.2 Å². The summed E-state index contributed by atoms with van der Waals surface area (Å²) in [5.74, 6) is -0.0512. The van der Waals surface area contributed by atoms with Crippen LogP contribution in [0.4, 0.5) is 0 Å². The van der Waals surface area contributed by atoms with Crippen LogP contribution in [-0.2, 0) is 13.9 Å². The van der Waals surface area contributed by atoms with E-state index in [9.17, 15) is 9.36 Å². The molecule has 0 aliphatic rings. The van der Waals surface area contributed by atoms with Gasteiger partial charge in [-0.05, 0) is 12.3 Å². The maximum absolute atomic E-state index is 10.3. The summed E-state index contributed by atoms with van der Waals surface area (Å²) in [4.78, 5) is 29.6. The number of phosphoric acid groups is 1. The highest BCUT2D eigenvalue weighted by molar-refractivity contribution is 7.46. The summed E-state index contributed by atoms with van der Waals surface area (Å²) in [6.07, 6.45) is 1.91. The SMILES string of the molecule is CC(CCN=C=O)COP(=O)(O)O. The lowest BCUT2D eigenvalue weighted by atomic mass is 10.1. The van der Waals surface area contributed by atoms with Crippen LogP contribution in [0.2, 0.25) is 0 Å². The highest BCUT2D eigenvalue weighted by Crippen LogP contribution is 2.36. The zero-order valence-electron chi connectivity index (χ0n) is 7.21. The second-order valence-corrected chi connectivity index (χ2v) is 3.89. The first-order valence-electron chi connectivity index (χ1n) is 3.69. The number of isocyanates is 1. The highest BCUT2D eigenvalue weighted by Gasteiger charge is 2.15. The number of carbonyl (C=O) groups excluding carboxylic acids is 1. The molecule has 0 aromatic rings. The molecule has 0 spiro atoms. The van der Waals surface area contributed by atoms with Crippen LogP contribution in [0.1, 0.15) is 13.3 Å². The molecule has 0 aromatic carbocycles. The Morgan fingerprint density at radius 2 is 2.23 bits per heavy atom. The lowest BCUT2D eigenvalue weighted by molar-refractivity contribution is 0.170. The Balaban J connectivity index is 3.57. The molecule has 13 heavy (non-hydrogen) atoms. The topological polar surface area (TPSA) is 96.2 Å². The molecule has 0 saturated carbocycles. The fourth-order valence-electron chi connectivity index (χ4n) is 0.638. The second-order valence-electron chi connectivity index (χ2n) is 2.65. The predicted octanol–water partition coefficient (Wildman–Crippen LogP) is 0.458. The van der Waals surface area contributed by atoms with E-state index in [2.05, 4.69) is 9.52 Å². The Morgan fingerprint density at radius 3 is 2.69 bits per heavy atom. The van der Waals surface area contributed by atoms with Crippen molar-refractivity contribution in [3.63, 3.8) is 0 Å². The maximum atomic E-state index is 10.3. The van der Waals surface area contributed by atoms with Gasteiger partial charge in [0.1, 0.15) is 0 Å². The molecule has 0 fully saturated rings. The first-order chi connectivity index (χ1) is 5.95. The Bertz CT molecular complexity index is 231. The van der Waals surface area contributed by atoms with Gasteiger partial charge in [0, 0.05) is 0 Å². The molecule has 0 heterocycles. The summed E-state index contributed by atoms with van der Waals surface area (Å²) in [5, 5.41) is 0. The van der Waals surface area contributed by atoms with Crippen molar-refractivity contribution in [3.8, 4) is 0 Å². The van der Waals surface area contributed by atoms with Crippen LogP contribution in [-0.4, -0.2) is 29.0 Å². The van der Waals surface area contributed by atoms with Crippen LogP contribution < -0.4 is 0 Å². The number of nitrogens with zero attached hydrogens (tertiary/aromatic N) is 1. The van der Waals surface area contributed by atoms with Crippen LogP contribution in [0, 0.1) is 5.92 Å². The second kappa shape index (κ2) is 6.02. The molecule has 76 valence electrons. The molecule has 0 amide bonds. The summed E-state index contributed by atoms with van der Waals surface area (Å²) in [6.45, 7) is 2.00. The number of hydrogen-bond donors (Lipinski definition) is 2. The van der Waals surface area contributed by atoms with Gasteiger partial charge < -0.3 is 9.79 Å². The van der Waals surface area contributed by atoms with Gasteiger partial charge in [-0.25, -0.2) is 14.4 Å². The summed E-state index contributed by atoms with van der Waals surface area (Å²) in [6, 6.07) is 0. The molecular formula is C6H12NO5P. The molecule has 0 aliphatic heterocycles. The Hall–Kier alpha value is -0.510. The van der Waals surface area contributed by atoms with Crippen molar-refractivity contribution in [1.82, 2.24) is 0 Å². The molecule has 0 aromatic heterocycles. The minimum Gasteiger partial charge on any atom is -0.303 e. The average Bonchev–Trinajstić information content (AvgIpc) is 2.00. The van der Waals surface area contributed by atoms with E-state index in [0.29, 0.717) is 13.0 Å². The highest BCUT2D eigenvalue weighted by atomic mass is 31.2. The van der Waals surface area contributed by atoms with E-state index in [0.717, 1.165) is 0 Å². The predicted molar refractivity (Wildman–Crippen MR) is 44.8 cm³/mol. The van der Waals surface area contributed by atoms with Gasteiger partial charge in [-0.2, -0.15) is 0 Å². The van der Waals surface area contributed by atoms with Crippen molar-refractivity contribution in [3.05, 3.63) is 0 Å². The van der Waals surface area contributed by atoms with Gasteiger partial charge in [-0.1, -0.05) is 6.92 Å². The molecule has 0 saturated heterocycles. The van der Waals surface area contributed by atoms with E-state index >= 15 is 0 Å². The lowest BCUT2D eigenvalue weighted by Crippen LogP contribution is -2.05. The van der Waals surface area contributed by atoms with Crippen molar-refractivity contribution < 1.29 is 23.7 Å². The van der Waals surface area contributed by atoms with E-state index in [4.69, 9.17) is 9.79 Å². The zero-order chi connectivity index (χ0) is 10.3. The summed E-state index contributed by atoms with van der Waals surface area (Å²) in [5.41, 5.74) is 0. The largest absolute Gasteiger partial charge is 0.469 e. The van der Waals surface area contributed by atoms with Crippen LogP contribution in [0.3, 0.4) is 0 Å². The van der Waals surface area contributed by atoms with Crippen molar-refractivity contribution >= 4 is 13.9 Å². The van der Waals surface area contributed by atoms with Crippen molar-refractivity contribution in [2.24, 2.45) is 10.9 Å². The normalized spacial score (nSPS) is 13.5. The van der Waals surface area contributed by atoms with Gasteiger partial charge in [0.25, 0.3) is 0 Å². The molecule has 1 atom stereocenters. The minimum absolute atomic E-state index is 0.0430.